The standard InChI is InChI=1S/C55H34O/c1-3-19-40(20-4-1)55(41-21-5-2-6-22-41)50-32-39(43-24-13-27-52-54(43)49-30-36-15-7-8-16-37(36)33-53(49)56-52)28-29-46(50)48-34-47-38(31-51(48)55)18-12-26-45(47)44-25-11-17-35-14-9-10-23-42(35)44/h1-34H. The fourth-order valence-electron chi connectivity index (χ4n) is 9.87. The third kappa shape index (κ3) is 4.37. The molecule has 0 aliphatic heterocycles. The van der Waals surface area contributed by atoms with Crippen LogP contribution in [0, 0.1) is 0 Å². The van der Waals surface area contributed by atoms with Crippen LogP contribution in [0.2, 0.25) is 0 Å². The maximum absolute atomic E-state index is 6.56. The second kappa shape index (κ2) is 11.9. The van der Waals surface area contributed by atoms with Crippen LogP contribution in [0.5, 0.6) is 0 Å². The Morgan fingerprint density at radius 1 is 0.304 bits per heavy atom. The summed E-state index contributed by atoms with van der Waals surface area (Å²) in [6.45, 7) is 0. The first-order valence-electron chi connectivity index (χ1n) is 19.4. The largest absolute Gasteiger partial charge is 0.456 e. The van der Waals surface area contributed by atoms with E-state index in [4.69, 9.17) is 4.42 Å². The molecule has 1 heteroatoms. The molecule has 260 valence electrons. The summed E-state index contributed by atoms with van der Waals surface area (Å²) in [5.41, 5.74) is 13.8. The zero-order valence-electron chi connectivity index (χ0n) is 30.5. The van der Waals surface area contributed by atoms with Crippen molar-refractivity contribution in [1.82, 2.24) is 0 Å². The van der Waals surface area contributed by atoms with Gasteiger partial charge in [0.15, 0.2) is 0 Å². The monoisotopic (exact) mass is 710 g/mol. The number of benzene rings is 10. The predicted octanol–water partition coefficient (Wildman–Crippen LogP) is 14.7. The molecule has 11 aromatic rings. The molecule has 1 aliphatic rings. The van der Waals surface area contributed by atoms with Crippen LogP contribution in [0.1, 0.15) is 22.3 Å². The Morgan fingerprint density at radius 2 is 0.893 bits per heavy atom. The van der Waals surface area contributed by atoms with Gasteiger partial charge in [-0.05, 0) is 124 Å². The summed E-state index contributed by atoms with van der Waals surface area (Å²) in [5.74, 6) is 0. The lowest BCUT2D eigenvalue weighted by atomic mass is 9.67. The first kappa shape index (κ1) is 31.2. The summed E-state index contributed by atoms with van der Waals surface area (Å²) >= 11 is 0. The first-order chi connectivity index (χ1) is 27.8. The molecule has 1 nitrogen and oxygen atoms in total. The van der Waals surface area contributed by atoms with E-state index < -0.39 is 5.41 Å². The normalized spacial score (nSPS) is 13.1. The van der Waals surface area contributed by atoms with Gasteiger partial charge < -0.3 is 4.42 Å². The van der Waals surface area contributed by atoms with E-state index in [9.17, 15) is 0 Å². The van der Waals surface area contributed by atoms with Gasteiger partial charge in [0.25, 0.3) is 0 Å². The molecular formula is C55H34O. The van der Waals surface area contributed by atoms with Gasteiger partial charge in [-0.1, -0.05) is 170 Å². The molecule has 12 rings (SSSR count). The lowest BCUT2D eigenvalue weighted by Crippen LogP contribution is -2.28. The van der Waals surface area contributed by atoms with E-state index in [0.29, 0.717) is 0 Å². The van der Waals surface area contributed by atoms with Crippen molar-refractivity contribution < 1.29 is 4.42 Å². The lowest BCUT2D eigenvalue weighted by Gasteiger charge is -2.34. The van der Waals surface area contributed by atoms with Crippen LogP contribution in [-0.2, 0) is 5.41 Å². The van der Waals surface area contributed by atoms with Crippen LogP contribution < -0.4 is 0 Å². The van der Waals surface area contributed by atoms with Gasteiger partial charge in [0.2, 0.25) is 0 Å². The van der Waals surface area contributed by atoms with Gasteiger partial charge in [-0.25, -0.2) is 0 Å². The number of hydrogen-bond donors (Lipinski definition) is 0. The van der Waals surface area contributed by atoms with Gasteiger partial charge in [0.05, 0.1) is 5.41 Å². The molecule has 0 amide bonds. The maximum Gasteiger partial charge on any atom is 0.136 e. The van der Waals surface area contributed by atoms with Crippen molar-refractivity contribution in [1.29, 1.82) is 0 Å². The SMILES string of the molecule is c1ccc(C2(c3ccccc3)c3cc(-c4cccc5oc6cc7ccccc7cc6c45)ccc3-c3cc4c(-c5cccc6ccccc56)cccc4cc32)cc1. The Bertz CT molecular complexity index is 3310. The Hall–Kier alpha value is -7.22. The van der Waals surface area contributed by atoms with E-state index in [1.165, 1.54) is 88.0 Å². The van der Waals surface area contributed by atoms with E-state index in [0.717, 1.165) is 21.9 Å². The predicted molar refractivity (Wildman–Crippen MR) is 234 cm³/mol. The van der Waals surface area contributed by atoms with Gasteiger partial charge >= 0.3 is 0 Å². The summed E-state index contributed by atoms with van der Waals surface area (Å²) in [4.78, 5) is 0. The summed E-state index contributed by atoms with van der Waals surface area (Å²) in [6, 6.07) is 76.0. The molecule has 0 bridgehead atoms. The fraction of sp³-hybridized carbons (Fsp3) is 0.0182. The van der Waals surface area contributed by atoms with Crippen molar-refractivity contribution in [3.05, 3.63) is 229 Å². The highest BCUT2D eigenvalue weighted by Gasteiger charge is 2.46. The summed E-state index contributed by atoms with van der Waals surface area (Å²) in [7, 11) is 0. The average molecular weight is 711 g/mol. The van der Waals surface area contributed by atoms with Crippen molar-refractivity contribution >= 4 is 54.3 Å². The maximum atomic E-state index is 6.56. The molecule has 0 spiro atoms. The Kier molecular flexibility index (Phi) is 6.62. The Balaban J connectivity index is 1.17. The fourth-order valence-corrected chi connectivity index (χ4v) is 9.87. The molecule has 1 aliphatic carbocycles. The molecule has 0 unspecified atom stereocenters. The molecule has 10 aromatic carbocycles. The van der Waals surface area contributed by atoms with Crippen molar-refractivity contribution in [3.63, 3.8) is 0 Å². The minimum Gasteiger partial charge on any atom is -0.456 e. The first-order valence-corrected chi connectivity index (χ1v) is 19.4. The number of furan rings is 1. The van der Waals surface area contributed by atoms with Gasteiger partial charge in [0, 0.05) is 10.8 Å². The van der Waals surface area contributed by atoms with Crippen LogP contribution >= 0.6 is 0 Å². The molecule has 1 heterocycles. The van der Waals surface area contributed by atoms with Gasteiger partial charge in [-0.15, -0.1) is 0 Å². The molecule has 0 saturated heterocycles. The third-order valence-corrected chi connectivity index (χ3v) is 12.3. The average Bonchev–Trinajstić information content (AvgIpc) is 3.77. The highest BCUT2D eigenvalue weighted by Crippen LogP contribution is 2.58. The van der Waals surface area contributed by atoms with Gasteiger partial charge in [-0.2, -0.15) is 0 Å². The van der Waals surface area contributed by atoms with E-state index in [-0.39, 0.29) is 0 Å². The van der Waals surface area contributed by atoms with Gasteiger partial charge in [0.1, 0.15) is 11.2 Å². The van der Waals surface area contributed by atoms with E-state index in [2.05, 4.69) is 206 Å². The van der Waals surface area contributed by atoms with Crippen LogP contribution in [-0.4, -0.2) is 0 Å². The van der Waals surface area contributed by atoms with Crippen LogP contribution in [0.25, 0.3) is 87.6 Å². The third-order valence-electron chi connectivity index (χ3n) is 12.3. The van der Waals surface area contributed by atoms with Crippen molar-refractivity contribution in [2.75, 3.05) is 0 Å². The molecule has 0 saturated carbocycles. The summed E-state index contributed by atoms with van der Waals surface area (Å²) in [6.07, 6.45) is 0. The molecule has 56 heavy (non-hydrogen) atoms. The van der Waals surface area contributed by atoms with Crippen LogP contribution in [0.3, 0.4) is 0 Å². The van der Waals surface area contributed by atoms with Crippen LogP contribution in [0.4, 0.5) is 0 Å². The molecule has 0 fully saturated rings. The van der Waals surface area contributed by atoms with E-state index in [1.807, 2.05) is 0 Å². The highest BCUT2D eigenvalue weighted by molar-refractivity contribution is 6.16. The molecule has 1 aromatic heterocycles. The molecule has 0 atom stereocenters. The Labute approximate surface area is 324 Å². The minimum atomic E-state index is -0.546. The number of rotatable bonds is 4. The van der Waals surface area contributed by atoms with E-state index in [1.54, 1.807) is 0 Å². The topological polar surface area (TPSA) is 13.1 Å². The summed E-state index contributed by atoms with van der Waals surface area (Å²) < 4.78 is 6.56. The minimum absolute atomic E-state index is 0.546. The zero-order valence-corrected chi connectivity index (χ0v) is 30.5. The van der Waals surface area contributed by atoms with Gasteiger partial charge in [-0.3, -0.25) is 0 Å². The molecule has 0 N–H and O–H groups in total. The van der Waals surface area contributed by atoms with Crippen molar-refractivity contribution in [2.45, 2.75) is 5.41 Å². The van der Waals surface area contributed by atoms with Crippen LogP contribution in [0.15, 0.2) is 211 Å². The summed E-state index contributed by atoms with van der Waals surface area (Å²) in [5, 5.41) is 9.71. The number of hydrogen-bond acceptors (Lipinski definition) is 1. The molecular weight excluding hydrogens is 677 g/mol. The second-order valence-electron chi connectivity index (χ2n) is 15.2. The lowest BCUT2D eigenvalue weighted by molar-refractivity contribution is 0.669. The quantitative estimate of drug-likeness (QED) is 0.177. The second-order valence-corrected chi connectivity index (χ2v) is 15.2. The Morgan fingerprint density at radius 3 is 1.66 bits per heavy atom. The highest BCUT2D eigenvalue weighted by atomic mass is 16.3. The zero-order chi connectivity index (χ0) is 36.8. The van der Waals surface area contributed by atoms with E-state index >= 15 is 0 Å². The number of fused-ring (bicyclic) bond motifs is 9. The molecule has 0 radical (unpaired) electrons. The van der Waals surface area contributed by atoms with Crippen molar-refractivity contribution in [2.24, 2.45) is 0 Å². The van der Waals surface area contributed by atoms with Crippen molar-refractivity contribution in [3.8, 4) is 33.4 Å². The smallest absolute Gasteiger partial charge is 0.136 e.